The second kappa shape index (κ2) is 4.31. The monoisotopic (exact) mass is 268 g/mol. The maximum Gasteiger partial charge on any atom is 0.210 e. The highest BCUT2D eigenvalue weighted by atomic mass is 79.9. The number of rotatable bonds is 2. The Balaban J connectivity index is 2.27. The Morgan fingerprint density at radius 2 is 2.33 bits per heavy atom. The minimum atomic E-state index is 0.0715. The van der Waals surface area contributed by atoms with Crippen molar-refractivity contribution in [2.24, 2.45) is 7.05 Å². The van der Waals surface area contributed by atoms with Gasteiger partial charge in [-0.25, -0.2) is 0 Å². The van der Waals surface area contributed by atoms with E-state index in [0.717, 1.165) is 29.3 Å². The highest BCUT2D eigenvalue weighted by Crippen LogP contribution is 2.24. The Morgan fingerprint density at radius 1 is 1.53 bits per heavy atom. The third-order valence-corrected chi connectivity index (χ3v) is 3.16. The maximum atomic E-state index is 12.1. The Morgan fingerprint density at radius 3 is 2.87 bits per heavy atom. The molecule has 0 saturated heterocycles. The van der Waals surface area contributed by atoms with Crippen molar-refractivity contribution in [2.75, 3.05) is 0 Å². The van der Waals surface area contributed by atoms with Crippen LogP contribution in [0, 0.1) is 0 Å². The minimum Gasteiger partial charge on any atom is -0.287 e. The van der Waals surface area contributed by atoms with Crippen LogP contribution in [-0.2, 0) is 7.05 Å². The van der Waals surface area contributed by atoms with Gasteiger partial charge in [0.2, 0.25) is 5.78 Å². The molecule has 1 heterocycles. The van der Waals surface area contributed by atoms with E-state index < -0.39 is 0 Å². The van der Waals surface area contributed by atoms with E-state index in [-0.39, 0.29) is 5.78 Å². The normalized spacial score (nSPS) is 16.3. The molecule has 0 atom stereocenters. The maximum absolute atomic E-state index is 12.1. The molecule has 1 aromatic rings. The summed E-state index contributed by atoms with van der Waals surface area (Å²) >= 11 is 3.35. The van der Waals surface area contributed by atoms with E-state index in [0.29, 0.717) is 5.69 Å². The number of aryl methyl sites for hydroxylation is 1. The Labute approximate surface area is 97.3 Å². The molecule has 0 N–H and O–H groups in total. The van der Waals surface area contributed by atoms with Gasteiger partial charge in [-0.1, -0.05) is 6.08 Å². The first kappa shape index (κ1) is 10.6. The SMILES string of the molecule is Cn1cc(Br)c(C(=O)C2=CCCCC2)n1. The van der Waals surface area contributed by atoms with Gasteiger partial charge < -0.3 is 0 Å². The third-order valence-electron chi connectivity index (χ3n) is 2.58. The van der Waals surface area contributed by atoms with Crippen LogP contribution in [0.25, 0.3) is 0 Å². The molecular formula is C11H13BrN2O. The number of Topliss-reactive ketones (excluding diaryl/α,β-unsaturated/α-hetero) is 1. The van der Waals surface area contributed by atoms with Crippen molar-refractivity contribution >= 4 is 21.7 Å². The molecule has 0 spiro atoms. The van der Waals surface area contributed by atoms with Crippen molar-refractivity contribution < 1.29 is 4.79 Å². The number of carbonyl (C=O) groups is 1. The van der Waals surface area contributed by atoms with Gasteiger partial charge in [-0.2, -0.15) is 5.10 Å². The molecule has 1 aliphatic carbocycles. The summed E-state index contributed by atoms with van der Waals surface area (Å²) in [4.78, 5) is 12.1. The molecule has 0 unspecified atom stereocenters. The van der Waals surface area contributed by atoms with E-state index in [1.807, 2.05) is 13.1 Å². The Bertz CT molecular complexity index is 420. The molecule has 15 heavy (non-hydrogen) atoms. The number of hydrogen-bond donors (Lipinski definition) is 0. The molecule has 1 aliphatic rings. The molecule has 0 aliphatic heterocycles. The molecule has 0 bridgehead atoms. The molecule has 4 heteroatoms. The van der Waals surface area contributed by atoms with Crippen LogP contribution in [0.15, 0.2) is 22.3 Å². The first-order valence-electron chi connectivity index (χ1n) is 5.11. The van der Waals surface area contributed by atoms with Gasteiger partial charge in [0.15, 0.2) is 0 Å². The third kappa shape index (κ3) is 2.20. The van der Waals surface area contributed by atoms with Crippen molar-refractivity contribution in [1.29, 1.82) is 0 Å². The number of allylic oxidation sites excluding steroid dienone is 2. The number of hydrogen-bond acceptors (Lipinski definition) is 2. The summed E-state index contributed by atoms with van der Waals surface area (Å²) in [6, 6.07) is 0. The highest BCUT2D eigenvalue weighted by Gasteiger charge is 2.19. The van der Waals surface area contributed by atoms with Crippen LogP contribution in [0.2, 0.25) is 0 Å². The quantitative estimate of drug-likeness (QED) is 0.774. The molecule has 0 aromatic carbocycles. The standard InChI is InChI=1S/C11H13BrN2O/c1-14-7-9(12)10(13-14)11(15)8-5-3-2-4-6-8/h5,7H,2-4,6H2,1H3. The summed E-state index contributed by atoms with van der Waals surface area (Å²) in [6.45, 7) is 0. The topological polar surface area (TPSA) is 34.9 Å². The summed E-state index contributed by atoms with van der Waals surface area (Å²) in [5.41, 5.74) is 1.45. The molecule has 3 nitrogen and oxygen atoms in total. The largest absolute Gasteiger partial charge is 0.287 e. The van der Waals surface area contributed by atoms with Gasteiger partial charge in [0.05, 0.1) is 4.47 Å². The van der Waals surface area contributed by atoms with Crippen LogP contribution in [0.4, 0.5) is 0 Å². The molecule has 0 saturated carbocycles. The van der Waals surface area contributed by atoms with Gasteiger partial charge in [0, 0.05) is 13.2 Å². The smallest absolute Gasteiger partial charge is 0.210 e. The lowest BCUT2D eigenvalue weighted by Gasteiger charge is -2.10. The van der Waals surface area contributed by atoms with Gasteiger partial charge in [-0.3, -0.25) is 9.48 Å². The zero-order valence-electron chi connectivity index (χ0n) is 8.66. The lowest BCUT2D eigenvalue weighted by Crippen LogP contribution is -2.08. The number of nitrogens with zero attached hydrogens (tertiary/aromatic N) is 2. The van der Waals surface area contributed by atoms with Crippen molar-refractivity contribution in [2.45, 2.75) is 25.7 Å². The fourth-order valence-electron chi connectivity index (χ4n) is 1.81. The van der Waals surface area contributed by atoms with Crippen molar-refractivity contribution in [3.8, 4) is 0 Å². The molecular weight excluding hydrogens is 256 g/mol. The molecule has 0 radical (unpaired) electrons. The summed E-state index contributed by atoms with van der Waals surface area (Å²) < 4.78 is 2.43. The average molecular weight is 269 g/mol. The second-order valence-corrected chi connectivity index (χ2v) is 4.66. The van der Waals surface area contributed by atoms with Crippen LogP contribution < -0.4 is 0 Å². The predicted octanol–water partition coefficient (Wildman–Crippen LogP) is 2.87. The first-order valence-corrected chi connectivity index (χ1v) is 5.90. The highest BCUT2D eigenvalue weighted by molar-refractivity contribution is 9.10. The fraction of sp³-hybridized carbons (Fsp3) is 0.455. The average Bonchev–Trinajstić information content (AvgIpc) is 2.58. The van der Waals surface area contributed by atoms with E-state index in [4.69, 9.17) is 0 Å². The van der Waals surface area contributed by atoms with E-state index in [9.17, 15) is 4.79 Å². The van der Waals surface area contributed by atoms with Crippen LogP contribution in [0.3, 0.4) is 0 Å². The fourth-order valence-corrected chi connectivity index (χ4v) is 2.37. The summed E-state index contributed by atoms with van der Waals surface area (Å²) in [5, 5.41) is 4.16. The van der Waals surface area contributed by atoms with Crippen molar-refractivity contribution in [3.05, 3.63) is 28.0 Å². The van der Waals surface area contributed by atoms with E-state index >= 15 is 0 Å². The van der Waals surface area contributed by atoms with Crippen molar-refractivity contribution in [1.82, 2.24) is 9.78 Å². The van der Waals surface area contributed by atoms with Crippen molar-refractivity contribution in [3.63, 3.8) is 0 Å². The first-order chi connectivity index (χ1) is 7.18. The Kier molecular flexibility index (Phi) is 3.05. The van der Waals surface area contributed by atoms with Gasteiger partial charge in [-0.15, -0.1) is 0 Å². The second-order valence-electron chi connectivity index (χ2n) is 3.80. The number of aromatic nitrogens is 2. The van der Waals surface area contributed by atoms with E-state index in [1.54, 1.807) is 10.9 Å². The van der Waals surface area contributed by atoms with Gasteiger partial charge in [0.1, 0.15) is 5.69 Å². The summed E-state index contributed by atoms with van der Waals surface area (Å²) in [5.74, 6) is 0.0715. The van der Waals surface area contributed by atoms with Crippen LogP contribution >= 0.6 is 15.9 Å². The zero-order chi connectivity index (χ0) is 10.8. The molecule has 2 rings (SSSR count). The molecule has 0 amide bonds. The number of carbonyl (C=O) groups excluding carboxylic acids is 1. The number of ketones is 1. The molecule has 1 aromatic heterocycles. The van der Waals surface area contributed by atoms with E-state index in [1.165, 1.54) is 6.42 Å². The Hall–Kier alpha value is -0.900. The number of halogens is 1. The zero-order valence-corrected chi connectivity index (χ0v) is 10.2. The van der Waals surface area contributed by atoms with Crippen LogP contribution in [0.1, 0.15) is 36.2 Å². The van der Waals surface area contributed by atoms with Crippen LogP contribution in [0.5, 0.6) is 0 Å². The lowest BCUT2D eigenvalue weighted by molar-refractivity contribution is 0.102. The molecule has 0 fully saturated rings. The molecule has 80 valence electrons. The minimum absolute atomic E-state index is 0.0715. The summed E-state index contributed by atoms with van der Waals surface area (Å²) in [6.07, 6.45) is 8.07. The summed E-state index contributed by atoms with van der Waals surface area (Å²) in [7, 11) is 1.82. The van der Waals surface area contributed by atoms with Gasteiger partial charge in [-0.05, 0) is 47.2 Å². The predicted molar refractivity (Wildman–Crippen MR) is 61.8 cm³/mol. The van der Waals surface area contributed by atoms with E-state index in [2.05, 4.69) is 21.0 Å². The van der Waals surface area contributed by atoms with Gasteiger partial charge in [0.25, 0.3) is 0 Å². The lowest BCUT2D eigenvalue weighted by atomic mass is 9.95. The van der Waals surface area contributed by atoms with Gasteiger partial charge >= 0.3 is 0 Å². The van der Waals surface area contributed by atoms with Crippen LogP contribution in [-0.4, -0.2) is 15.6 Å².